The van der Waals surface area contributed by atoms with E-state index in [1.54, 1.807) is 20.8 Å². The Bertz CT molecular complexity index is 863. The van der Waals surface area contributed by atoms with E-state index in [0.29, 0.717) is 5.69 Å². The number of carbonyl (C=O) groups excluding carboxylic acids is 2. The minimum Gasteiger partial charge on any atom is -0.444 e. The van der Waals surface area contributed by atoms with Gasteiger partial charge in [0.15, 0.2) is 0 Å². The molecule has 0 fully saturated rings. The number of nitro groups is 1. The van der Waals surface area contributed by atoms with E-state index >= 15 is 0 Å². The molecular weight excluding hydrogens is 390 g/mol. The van der Waals surface area contributed by atoms with Crippen molar-refractivity contribution in [2.24, 2.45) is 0 Å². The molecule has 2 N–H and O–H groups in total. The van der Waals surface area contributed by atoms with Crippen LogP contribution in [0.4, 0.5) is 16.2 Å². The van der Waals surface area contributed by atoms with Crippen molar-refractivity contribution < 1.29 is 24.0 Å². The van der Waals surface area contributed by atoms with Crippen molar-refractivity contribution in [3.05, 3.63) is 70.3 Å². The molecule has 2 rings (SSSR count). The Morgan fingerprint density at radius 2 is 1.70 bits per heavy atom. The summed E-state index contributed by atoms with van der Waals surface area (Å²) in [5.74, 6) is -0.539. The standard InChI is InChI=1S/C21H25N3O6/c1-21(2,3)30-20(26)23-18(14-29-13-15-7-5-4-6-8-15)19(25)22-16-9-11-17(12-10-16)24(27)28/h4-12,18H,13-14H2,1-3H3,(H,22,25)(H,23,26). The highest BCUT2D eigenvalue weighted by Gasteiger charge is 2.25. The number of hydrogen-bond acceptors (Lipinski definition) is 6. The van der Waals surface area contributed by atoms with Gasteiger partial charge in [0.1, 0.15) is 11.6 Å². The Labute approximate surface area is 174 Å². The van der Waals surface area contributed by atoms with Crippen LogP contribution in [0.25, 0.3) is 0 Å². The van der Waals surface area contributed by atoms with Gasteiger partial charge in [-0.05, 0) is 38.5 Å². The van der Waals surface area contributed by atoms with Gasteiger partial charge < -0.3 is 20.1 Å². The van der Waals surface area contributed by atoms with E-state index in [1.165, 1.54) is 24.3 Å². The number of hydrogen-bond donors (Lipinski definition) is 2. The van der Waals surface area contributed by atoms with Crippen LogP contribution in [0.3, 0.4) is 0 Å². The number of nitrogens with zero attached hydrogens (tertiary/aromatic N) is 1. The minimum absolute atomic E-state index is 0.0903. The number of amides is 2. The third-order valence-electron chi connectivity index (χ3n) is 3.75. The molecule has 0 aliphatic rings. The van der Waals surface area contributed by atoms with Crippen molar-refractivity contribution in [2.75, 3.05) is 11.9 Å². The summed E-state index contributed by atoms with van der Waals surface area (Å²) >= 11 is 0. The molecule has 30 heavy (non-hydrogen) atoms. The van der Waals surface area contributed by atoms with Gasteiger partial charge in [-0.2, -0.15) is 0 Å². The topological polar surface area (TPSA) is 120 Å². The summed E-state index contributed by atoms with van der Waals surface area (Å²) in [6, 6.07) is 13.7. The summed E-state index contributed by atoms with van der Waals surface area (Å²) in [5, 5.41) is 15.9. The van der Waals surface area contributed by atoms with Crippen molar-refractivity contribution in [2.45, 2.75) is 39.0 Å². The first-order valence-electron chi connectivity index (χ1n) is 9.30. The molecule has 0 bridgehead atoms. The predicted molar refractivity (Wildman–Crippen MR) is 111 cm³/mol. The smallest absolute Gasteiger partial charge is 0.408 e. The maximum atomic E-state index is 12.7. The first-order chi connectivity index (χ1) is 14.1. The summed E-state index contributed by atoms with van der Waals surface area (Å²) in [7, 11) is 0. The number of nitro benzene ring substituents is 1. The van der Waals surface area contributed by atoms with Gasteiger partial charge in [-0.15, -0.1) is 0 Å². The molecule has 0 heterocycles. The lowest BCUT2D eigenvalue weighted by molar-refractivity contribution is -0.384. The molecule has 2 aromatic rings. The Morgan fingerprint density at radius 3 is 2.27 bits per heavy atom. The van der Waals surface area contributed by atoms with Gasteiger partial charge in [0.05, 0.1) is 18.1 Å². The van der Waals surface area contributed by atoms with Crippen molar-refractivity contribution in [3.8, 4) is 0 Å². The summed E-state index contributed by atoms with van der Waals surface area (Å²) < 4.78 is 10.8. The summed E-state index contributed by atoms with van der Waals surface area (Å²) in [6.07, 6.45) is -0.755. The normalized spacial score (nSPS) is 12.0. The van der Waals surface area contributed by atoms with Crippen LogP contribution in [0.15, 0.2) is 54.6 Å². The molecule has 2 aromatic carbocycles. The van der Waals surface area contributed by atoms with Crippen LogP contribution < -0.4 is 10.6 Å². The lowest BCUT2D eigenvalue weighted by atomic mass is 10.2. The van der Waals surface area contributed by atoms with Crippen LogP contribution in [-0.4, -0.2) is 35.2 Å². The summed E-state index contributed by atoms with van der Waals surface area (Å²) in [5.41, 5.74) is 0.450. The molecule has 0 aliphatic heterocycles. The number of rotatable bonds is 8. The number of nitrogens with one attached hydrogen (secondary N) is 2. The highest BCUT2D eigenvalue weighted by atomic mass is 16.6. The average Bonchev–Trinajstić information content (AvgIpc) is 2.67. The average molecular weight is 415 g/mol. The zero-order chi connectivity index (χ0) is 22.1. The highest BCUT2D eigenvalue weighted by Crippen LogP contribution is 2.16. The third kappa shape index (κ3) is 7.88. The SMILES string of the molecule is CC(C)(C)OC(=O)NC(COCc1ccccc1)C(=O)Nc1ccc([N+](=O)[O-])cc1. The molecule has 0 saturated heterocycles. The molecule has 0 aliphatic carbocycles. The van der Waals surface area contributed by atoms with Gasteiger partial charge in [-0.1, -0.05) is 30.3 Å². The van der Waals surface area contributed by atoms with E-state index in [4.69, 9.17) is 9.47 Å². The van der Waals surface area contributed by atoms with E-state index < -0.39 is 28.6 Å². The molecule has 0 saturated carbocycles. The zero-order valence-electron chi connectivity index (χ0n) is 17.1. The van der Waals surface area contributed by atoms with Crippen molar-refractivity contribution in [1.29, 1.82) is 0 Å². The fourth-order valence-corrected chi connectivity index (χ4v) is 2.40. The molecule has 0 aromatic heterocycles. The van der Waals surface area contributed by atoms with Crippen LogP contribution in [0.1, 0.15) is 26.3 Å². The third-order valence-corrected chi connectivity index (χ3v) is 3.75. The second-order valence-corrected chi connectivity index (χ2v) is 7.49. The second-order valence-electron chi connectivity index (χ2n) is 7.49. The van der Waals surface area contributed by atoms with Crippen molar-refractivity contribution in [1.82, 2.24) is 5.32 Å². The molecular formula is C21H25N3O6. The predicted octanol–water partition coefficient (Wildman–Crippen LogP) is 3.64. The van der Waals surface area contributed by atoms with Crippen molar-refractivity contribution >= 4 is 23.4 Å². The first kappa shape index (κ1) is 22.8. The highest BCUT2D eigenvalue weighted by molar-refractivity contribution is 5.96. The zero-order valence-corrected chi connectivity index (χ0v) is 17.1. The lowest BCUT2D eigenvalue weighted by Crippen LogP contribution is -2.48. The largest absolute Gasteiger partial charge is 0.444 e. The van der Waals surface area contributed by atoms with Gasteiger partial charge >= 0.3 is 6.09 Å². The van der Waals surface area contributed by atoms with Crippen LogP contribution in [0.5, 0.6) is 0 Å². The van der Waals surface area contributed by atoms with Gasteiger partial charge in [-0.25, -0.2) is 4.79 Å². The van der Waals surface area contributed by atoms with E-state index in [1.807, 2.05) is 30.3 Å². The van der Waals surface area contributed by atoms with Crippen LogP contribution in [0, 0.1) is 10.1 Å². The molecule has 9 heteroatoms. The Hall–Kier alpha value is -3.46. The van der Waals surface area contributed by atoms with Crippen molar-refractivity contribution in [3.63, 3.8) is 0 Å². The maximum absolute atomic E-state index is 12.7. The van der Waals surface area contributed by atoms with E-state index in [-0.39, 0.29) is 18.9 Å². The Morgan fingerprint density at radius 1 is 1.07 bits per heavy atom. The van der Waals surface area contributed by atoms with E-state index in [9.17, 15) is 19.7 Å². The van der Waals surface area contributed by atoms with Gasteiger partial charge in [0, 0.05) is 17.8 Å². The lowest BCUT2D eigenvalue weighted by Gasteiger charge is -2.23. The summed E-state index contributed by atoms with van der Waals surface area (Å²) in [4.78, 5) is 35.0. The molecule has 1 unspecified atom stereocenters. The number of ether oxygens (including phenoxy) is 2. The quantitative estimate of drug-likeness (QED) is 0.502. The van der Waals surface area contributed by atoms with Gasteiger partial charge in [-0.3, -0.25) is 14.9 Å². The number of anilines is 1. The maximum Gasteiger partial charge on any atom is 0.408 e. The molecule has 9 nitrogen and oxygen atoms in total. The number of benzene rings is 2. The van der Waals surface area contributed by atoms with E-state index in [2.05, 4.69) is 10.6 Å². The minimum atomic E-state index is -1.03. The van der Waals surface area contributed by atoms with Gasteiger partial charge in [0.2, 0.25) is 5.91 Å². The van der Waals surface area contributed by atoms with Crippen LogP contribution in [-0.2, 0) is 20.9 Å². The van der Waals surface area contributed by atoms with Gasteiger partial charge in [0.25, 0.3) is 5.69 Å². The van der Waals surface area contributed by atoms with E-state index in [0.717, 1.165) is 5.56 Å². The van der Waals surface area contributed by atoms with Crippen LogP contribution in [0.2, 0.25) is 0 Å². The van der Waals surface area contributed by atoms with Crippen LogP contribution >= 0.6 is 0 Å². The Balaban J connectivity index is 2.03. The fraction of sp³-hybridized carbons (Fsp3) is 0.333. The second kappa shape index (κ2) is 10.4. The number of carbonyl (C=O) groups is 2. The fourth-order valence-electron chi connectivity index (χ4n) is 2.40. The monoisotopic (exact) mass is 415 g/mol. The molecule has 2 amide bonds. The first-order valence-corrected chi connectivity index (χ1v) is 9.30. The number of non-ortho nitro benzene ring substituents is 1. The molecule has 1 atom stereocenters. The molecule has 0 spiro atoms. The Kier molecular flexibility index (Phi) is 7.88. The molecule has 160 valence electrons. The molecule has 0 radical (unpaired) electrons. The number of alkyl carbamates (subject to hydrolysis) is 1. The summed E-state index contributed by atoms with van der Waals surface area (Å²) in [6.45, 7) is 5.31.